The van der Waals surface area contributed by atoms with Crippen LogP contribution in [0, 0.1) is 0 Å². The summed E-state index contributed by atoms with van der Waals surface area (Å²) in [5.41, 5.74) is -0.181. The molecule has 0 saturated heterocycles. The van der Waals surface area contributed by atoms with Gasteiger partial charge in [-0.1, -0.05) is 18.2 Å². The summed E-state index contributed by atoms with van der Waals surface area (Å²) in [7, 11) is 0. The lowest BCUT2D eigenvalue weighted by Crippen LogP contribution is -2.29. The highest BCUT2D eigenvalue weighted by molar-refractivity contribution is 5.25. The Kier molecular flexibility index (Phi) is 5.58. The molecule has 6 heteroatoms. The summed E-state index contributed by atoms with van der Waals surface area (Å²) in [5, 5.41) is 17.6. The minimum atomic E-state index is -4.35. The van der Waals surface area contributed by atoms with Crippen LogP contribution in [0.4, 0.5) is 13.2 Å². The highest BCUT2D eigenvalue weighted by atomic mass is 19.4. The number of hydrogen-bond donors (Lipinski definition) is 2. The molecule has 1 aromatic rings. The van der Waals surface area contributed by atoms with Crippen molar-refractivity contribution in [3.05, 3.63) is 35.4 Å². The number of rotatable bonds is 6. The molecular formula is C12H16F3NO2. The van der Waals surface area contributed by atoms with Crippen LogP contribution in [-0.2, 0) is 12.7 Å². The lowest BCUT2D eigenvalue weighted by molar-refractivity contribution is -0.137. The number of alkyl halides is 3. The molecule has 0 heterocycles. The Labute approximate surface area is 103 Å². The second-order valence-corrected chi connectivity index (χ2v) is 3.92. The Hall–Kier alpha value is -1.11. The van der Waals surface area contributed by atoms with Gasteiger partial charge in [0.2, 0.25) is 0 Å². The van der Waals surface area contributed by atoms with Gasteiger partial charge in [0.25, 0.3) is 0 Å². The standard InChI is InChI=1S/C12H16F3NO2/c13-12(14,15)11-3-1-2-10(8-11)9-16(4-6-17)5-7-18/h1-3,8,17-18H,4-7,9H2. The smallest absolute Gasteiger partial charge is 0.395 e. The van der Waals surface area contributed by atoms with Gasteiger partial charge in [-0.05, 0) is 11.6 Å². The van der Waals surface area contributed by atoms with Crippen molar-refractivity contribution in [2.75, 3.05) is 26.3 Å². The molecule has 0 radical (unpaired) electrons. The molecule has 2 N–H and O–H groups in total. The molecule has 0 fully saturated rings. The predicted octanol–water partition coefficient (Wildman–Crippen LogP) is 1.49. The lowest BCUT2D eigenvalue weighted by atomic mass is 10.1. The van der Waals surface area contributed by atoms with E-state index in [2.05, 4.69) is 0 Å². The van der Waals surface area contributed by atoms with Crippen LogP contribution in [0.3, 0.4) is 0 Å². The molecule has 0 saturated carbocycles. The SMILES string of the molecule is OCCN(CCO)Cc1cccc(C(F)(F)F)c1. The van der Waals surface area contributed by atoms with E-state index >= 15 is 0 Å². The topological polar surface area (TPSA) is 43.7 Å². The third kappa shape index (κ3) is 4.64. The zero-order valence-electron chi connectivity index (χ0n) is 9.82. The highest BCUT2D eigenvalue weighted by Crippen LogP contribution is 2.29. The molecule has 0 bridgehead atoms. The maximum atomic E-state index is 12.5. The minimum Gasteiger partial charge on any atom is -0.395 e. The normalized spacial score (nSPS) is 12.1. The van der Waals surface area contributed by atoms with E-state index in [1.165, 1.54) is 6.07 Å². The van der Waals surface area contributed by atoms with Gasteiger partial charge in [-0.3, -0.25) is 4.90 Å². The third-order valence-electron chi connectivity index (χ3n) is 2.49. The first-order valence-electron chi connectivity index (χ1n) is 5.57. The average Bonchev–Trinajstić information content (AvgIpc) is 2.29. The Bertz CT molecular complexity index is 363. The summed E-state index contributed by atoms with van der Waals surface area (Å²) >= 11 is 0. The van der Waals surface area contributed by atoms with Gasteiger partial charge in [0.1, 0.15) is 0 Å². The maximum absolute atomic E-state index is 12.5. The van der Waals surface area contributed by atoms with E-state index in [4.69, 9.17) is 10.2 Å². The van der Waals surface area contributed by atoms with Crippen molar-refractivity contribution < 1.29 is 23.4 Å². The second-order valence-electron chi connectivity index (χ2n) is 3.92. The molecule has 18 heavy (non-hydrogen) atoms. The lowest BCUT2D eigenvalue weighted by Gasteiger charge is -2.20. The fourth-order valence-corrected chi connectivity index (χ4v) is 1.66. The summed E-state index contributed by atoms with van der Waals surface area (Å²) in [4.78, 5) is 1.69. The molecule has 0 spiro atoms. The molecule has 0 atom stereocenters. The first-order chi connectivity index (χ1) is 8.47. The Balaban J connectivity index is 2.77. The molecule has 1 aromatic carbocycles. The quantitative estimate of drug-likeness (QED) is 0.817. The molecule has 102 valence electrons. The maximum Gasteiger partial charge on any atom is 0.416 e. The van der Waals surface area contributed by atoms with Crippen LogP contribution in [-0.4, -0.2) is 41.4 Å². The zero-order chi connectivity index (χ0) is 13.6. The van der Waals surface area contributed by atoms with Gasteiger partial charge in [-0.25, -0.2) is 0 Å². The Morgan fingerprint density at radius 1 is 1.06 bits per heavy atom. The van der Waals surface area contributed by atoms with Gasteiger partial charge in [-0.15, -0.1) is 0 Å². The summed E-state index contributed by atoms with van der Waals surface area (Å²) in [6.45, 7) is 0.705. The van der Waals surface area contributed by atoms with E-state index in [0.29, 0.717) is 18.7 Å². The Morgan fingerprint density at radius 3 is 2.17 bits per heavy atom. The van der Waals surface area contributed by atoms with Crippen LogP contribution in [0.15, 0.2) is 24.3 Å². The average molecular weight is 263 g/mol. The monoisotopic (exact) mass is 263 g/mol. The highest BCUT2D eigenvalue weighted by Gasteiger charge is 2.30. The predicted molar refractivity (Wildman–Crippen MR) is 60.9 cm³/mol. The number of hydrogen-bond acceptors (Lipinski definition) is 3. The van der Waals surface area contributed by atoms with Gasteiger partial charge in [0.05, 0.1) is 18.8 Å². The third-order valence-corrected chi connectivity index (χ3v) is 2.49. The van der Waals surface area contributed by atoms with Gasteiger partial charge in [-0.2, -0.15) is 13.2 Å². The molecule has 3 nitrogen and oxygen atoms in total. The molecule has 0 aliphatic rings. The number of benzene rings is 1. The number of aliphatic hydroxyl groups is 2. The fraction of sp³-hybridized carbons (Fsp3) is 0.500. The molecule has 0 amide bonds. The molecular weight excluding hydrogens is 247 g/mol. The Morgan fingerprint density at radius 2 is 1.67 bits per heavy atom. The van der Waals surface area contributed by atoms with Gasteiger partial charge < -0.3 is 10.2 Å². The summed E-state index contributed by atoms with van der Waals surface area (Å²) in [6.07, 6.45) is -4.35. The first-order valence-corrected chi connectivity index (χ1v) is 5.57. The van der Waals surface area contributed by atoms with Crippen molar-refractivity contribution in [3.8, 4) is 0 Å². The number of aliphatic hydroxyl groups excluding tert-OH is 2. The van der Waals surface area contributed by atoms with Crippen molar-refractivity contribution in [1.82, 2.24) is 4.90 Å². The van der Waals surface area contributed by atoms with Crippen LogP contribution < -0.4 is 0 Å². The van der Waals surface area contributed by atoms with Crippen molar-refractivity contribution in [2.45, 2.75) is 12.7 Å². The van der Waals surface area contributed by atoms with Crippen LogP contribution >= 0.6 is 0 Å². The number of nitrogens with zero attached hydrogens (tertiary/aromatic N) is 1. The summed E-state index contributed by atoms with van der Waals surface area (Å²) in [6, 6.07) is 5.05. The van der Waals surface area contributed by atoms with Crippen molar-refractivity contribution >= 4 is 0 Å². The van der Waals surface area contributed by atoms with Gasteiger partial charge >= 0.3 is 6.18 Å². The fourth-order valence-electron chi connectivity index (χ4n) is 1.66. The van der Waals surface area contributed by atoms with Crippen molar-refractivity contribution in [3.63, 3.8) is 0 Å². The van der Waals surface area contributed by atoms with E-state index in [0.717, 1.165) is 12.1 Å². The van der Waals surface area contributed by atoms with Crippen molar-refractivity contribution in [1.29, 1.82) is 0 Å². The summed E-state index contributed by atoms with van der Waals surface area (Å²) in [5.74, 6) is 0. The first kappa shape index (κ1) is 14.9. The molecule has 1 rings (SSSR count). The van der Waals surface area contributed by atoms with Gasteiger partial charge in [0.15, 0.2) is 0 Å². The van der Waals surface area contributed by atoms with E-state index in [1.54, 1.807) is 11.0 Å². The van der Waals surface area contributed by atoms with E-state index in [1.807, 2.05) is 0 Å². The van der Waals surface area contributed by atoms with E-state index < -0.39 is 11.7 Å². The summed E-state index contributed by atoms with van der Waals surface area (Å²) < 4.78 is 37.5. The second kappa shape index (κ2) is 6.72. The van der Waals surface area contributed by atoms with Crippen LogP contribution in [0.25, 0.3) is 0 Å². The largest absolute Gasteiger partial charge is 0.416 e. The molecule has 0 aliphatic heterocycles. The minimum absolute atomic E-state index is 0.0983. The van der Waals surface area contributed by atoms with Gasteiger partial charge in [0, 0.05) is 19.6 Å². The molecule has 0 aliphatic carbocycles. The molecule has 0 unspecified atom stereocenters. The van der Waals surface area contributed by atoms with E-state index in [9.17, 15) is 13.2 Å². The van der Waals surface area contributed by atoms with Crippen molar-refractivity contribution in [2.24, 2.45) is 0 Å². The zero-order valence-corrected chi connectivity index (χ0v) is 9.82. The molecule has 0 aromatic heterocycles. The van der Waals surface area contributed by atoms with Crippen LogP contribution in [0.2, 0.25) is 0 Å². The van der Waals surface area contributed by atoms with Crippen LogP contribution in [0.1, 0.15) is 11.1 Å². The van der Waals surface area contributed by atoms with E-state index in [-0.39, 0.29) is 19.8 Å². The van der Waals surface area contributed by atoms with Crippen LogP contribution in [0.5, 0.6) is 0 Å². The number of halogens is 3.